The number of hydrogen-bond donors (Lipinski definition) is 2. The van der Waals surface area contributed by atoms with Gasteiger partial charge in [-0.1, -0.05) is 31.5 Å². The first-order valence-corrected chi connectivity index (χ1v) is 9.47. The van der Waals surface area contributed by atoms with Gasteiger partial charge in [-0.3, -0.25) is 9.89 Å². The van der Waals surface area contributed by atoms with Gasteiger partial charge >= 0.3 is 0 Å². The van der Waals surface area contributed by atoms with Crippen LogP contribution in [0.3, 0.4) is 0 Å². The molecule has 2 N–H and O–H groups in total. The van der Waals surface area contributed by atoms with Crippen molar-refractivity contribution in [1.29, 1.82) is 0 Å². The number of carbonyl (C=O) groups is 1. The Hall–Kier alpha value is -3.22. The zero-order chi connectivity index (χ0) is 20.8. The van der Waals surface area contributed by atoms with Gasteiger partial charge in [0.2, 0.25) is 0 Å². The largest absolute Gasteiger partial charge is 0.497 e. The molecule has 0 atom stereocenters. The SMILES string of the molecule is CCCc1[nH]nc(CCc2ccc(OC)cc2)c1NC(=O)c1c(F)cccc1F. The molecule has 3 aromatic rings. The van der Waals surface area contributed by atoms with Gasteiger partial charge in [0.05, 0.1) is 24.2 Å². The highest BCUT2D eigenvalue weighted by atomic mass is 19.1. The number of H-pyrrole nitrogens is 1. The Bertz CT molecular complexity index is 964. The van der Waals surface area contributed by atoms with Crippen molar-refractivity contribution in [3.05, 3.63) is 76.6 Å². The summed E-state index contributed by atoms with van der Waals surface area (Å²) in [7, 11) is 1.61. The van der Waals surface area contributed by atoms with Crippen molar-refractivity contribution in [2.75, 3.05) is 12.4 Å². The summed E-state index contributed by atoms with van der Waals surface area (Å²) in [5.74, 6) is -1.85. The number of ether oxygens (including phenoxy) is 1. The van der Waals surface area contributed by atoms with Gasteiger partial charge in [-0.15, -0.1) is 0 Å². The van der Waals surface area contributed by atoms with Crippen LogP contribution in [0.2, 0.25) is 0 Å². The molecule has 7 heteroatoms. The highest BCUT2D eigenvalue weighted by Crippen LogP contribution is 2.24. The fourth-order valence-electron chi connectivity index (χ4n) is 3.13. The number of aromatic amines is 1. The Morgan fingerprint density at radius 1 is 1.07 bits per heavy atom. The van der Waals surface area contributed by atoms with Crippen LogP contribution in [0.5, 0.6) is 5.75 Å². The first-order valence-electron chi connectivity index (χ1n) is 9.47. The number of nitrogens with one attached hydrogen (secondary N) is 2. The predicted octanol–water partition coefficient (Wildman–Crippen LogP) is 4.69. The zero-order valence-electron chi connectivity index (χ0n) is 16.4. The van der Waals surface area contributed by atoms with Crippen molar-refractivity contribution in [1.82, 2.24) is 10.2 Å². The number of amides is 1. The summed E-state index contributed by atoms with van der Waals surface area (Å²) in [6.07, 6.45) is 2.74. The van der Waals surface area contributed by atoms with E-state index in [0.717, 1.165) is 35.6 Å². The van der Waals surface area contributed by atoms with Gasteiger partial charge in [0, 0.05) is 0 Å². The highest BCUT2D eigenvalue weighted by Gasteiger charge is 2.21. The van der Waals surface area contributed by atoms with Crippen molar-refractivity contribution in [2.24, 2.45) is 0 Å². The van der Waals surface area contributed by atoms with Gasteiger partial charge in [0.15, 0.2) is 0 Å². The highest BCUT2D eigenvalue weighted by molar-refractivity contribution is 6.05. The number of anilines is 1. The topological polar surface area (TPSA) is 67.0 Å². The number of methoxy groups -OCH3 is 1. The normalized spacial score (nSPS) is 10.8. The molecule has 3 rings (SSSR count). The van der Waals surface area contributed by atoms with Crippen molar-refractivity contribution >= 4 is 11.6 Å². The number of hydrogen-bond acceptors (Lipinski definition) is 3. The maximum absolute atomic E-state index is 14.0. The third-order valence-corrected chi connectivity index (χ3v) is 4.65. The van der Waals surface area contributed by atoms with E-state index in [2.05, 4.69) is 15.5 Å². The Balaban J connectivity index is 1.81. The molecule has 29 heavy (non-hydrogen) atoms. The summed E-state index contributed by atoms with van der Waals surface area (Å²) in [4.78, 5) is 12.6. The van der Waals surface area contributed by atoms with E-state index in [1.54, 1.807) is 7.11 Å². The average molecular weight is 399 g/mol. The molecule has 0 unspecified atom stereocenters. The smallest absolute Gasteiger partial charge is 0.261 e. The van der Waals surface area contributed by atoms with Crippen LogP contribution in [-0.4, -0.2) is 23.2 Å². The maximum Gasteiger partial charge on any atom is 0.261 e. The molecule has 1 amide bonds. The fraction of sp³-hybridized carbons (Fsp3) is 0.273. The van der Waals surface area contributed by atoms with Gasteiger partial charge in [-0.2, -0.15) is 5.10 Å². The van der Waals surface area contributed by atoms with Gasteiger partial charge in [-0.05, 0) is 49.1 Å². The van der Waals surface area contributed by atoms with Crippen LogP contribution < -0.4 is 10.1 Å². The lowest BCUT2D eigenvalue weighted by molar-refractivity contribution is 0.101. The van der Waals surface area contributed by atoms with Gasteiger partial charge in [-0.25, -0.2) is 8.78 Å². The van der Waals surface area contributed by atoms with Crippen LogP contribution >= 0.6 is 0 Å². The number of aromatic nitrogens is 2. The molecule has 0 bridgehead atoms. The van der Waals surface area contributed by atoms with Crippen molar-refractivity contribution in [3.8, 4) is 5.75 Å². The monoisotopic (exact) mass is 399 g/mol. The summed E-state index contributed by atoms with van der Waals surface area (Å²) < 4.78 is 33.1. The number of rotatable bonds is 8. The van der Waals surface area contributed by atoms with Crippen LogP contribution in [0, 0.1) is 11.6 Å². The number of nitrogens with zero attached hydrogens (tertiary/aromatic N) is 1. The average Bonchev–Trinajstić information content (AvgIpc) is 3.08. The molecule has 0 saturated carbocycles. The molecular weight excluding hydrogens is 376 g/mol. The number of carbonyl (C=O) groups excluding carboxylic acids is 1. The van der Waals surface area contributed by atoms with Crippen LogP contribution in [0.4, 0.5) is 14.5 Å². The van der Waals surface area contributed by atoms with E-state index in [1.165, 1.54) is 6.07 Å². The minimum atomic E-state index is -0.900. The number of aryl methyl sites for hydroxylation is 3. The van der Waals surface area contributed by atoms with E-state index < -0.39 is 23.1 Å². The lowest BCUT2D eigenvalue weighted by Crippen LogP contribution is -2.17. The van der Waals surface area contributed by atoms with Crippen molar-refractivity contribution in [2.45, 2.75) is 32.6 Å². The van der Waals surface area contributed by atoms with Gasteiger partial charge in [0.25, 0.3) is 5.91 Å². The second kappa shape index (κ2) is 9.32. The second-order valence-electron chi connectivity index (χ2n) is 6.67. The summed E-state index contributed by atoms with van der Waals surface area (Å²) in [5, 5.41) is 9.93. The molecule has 5 nitrogen and oxygen atoms in total. The van der Waals surface area contributed by atoms with E-state index in [0.29, 0.717) is 30.6 Å². The minimum Gasteiger partial charge on any atom is -0.497 e. The molecule has 2 aromatic carbocycles. The Kier molecular flexibility index (Phi) is 6.59. The van der Waals surface area contributed by atoms with Crippen LogP contribution in [0.25, 0.3) is 0 Å². The molecule has 1 heterocycles. The second-order valence-corrected chi connectivity index (χ2v) is 6.67. The third-order valence-electron chi connectivity index (χ3n) is 4.65. The lowest BCUT2D eigenvalue weighted by Gasteiger charge is -2.10. The maximum atomic E-state index is 14.0. The minimum absolute atomic E-state index is 0.494. The van der Waals surface area contributed by atoms with E-state index in [-0.39, 0.29) is 0 Å². The first kappa shape index (κ1) is 20.5. The van der Waals surface area contributed by atoms with E-state index in [4.69, 9.17) is 4.74 Å². The Labute approximate surface area is 168 Å². The Morgan fingerprint density at radius 2 is 1.76 bits per heavy atom. The number of halogens is 2. The summed E-state index contributed by atoms with van der Waals surface area (Å²) in [6.45, 7) is 2.00. The predicted molar refractivity (Wildman–Crippen MR) is 107 cm³/mol. The molecule has 1 aromatic heterocycles. The van der Waals surface area contributed by atoms with E-state index >= 15 is 0 Å². The number of benzene rings is 2. The van der Waals surface area contributed by atoms with Crippen molar-refractivity contribution in [3.63, 3.8) is 0 Å². The van der Waals surface area contributed by atoms with Crippen LogP contribution in [0.15, 0.2) is 42.5 Å². The molecule has 0 spiro atoms. The first-order chi connectivity index (χ1) is 14.0. The molecule has 0 radical (unpaired) electrons. The summed E-state index contributed by atoms with van der Waals surface area (Å²) in [6, 6.07) is 11.0. The molecule has 0 aliphatic heterocycles. The standard InChI is InChI=1S/C22H23F2N3O2/c1-3-5-18-21(25-22(28)20-16(23)6-4-7-17(20)24)19(27-26-18)13-10-14-8-11-15(29-2)12-9-14/h4,6-9,11-12H,3,5,10,13H2,1-2H3,(H,25,28)(H,26,27). The molecule has 0 saturated heterocycles. The van der Waals surface area contributed by atoms with Gasteiger partial charge in [0.1, 0.15) is 22.9 Å². The quantitative estimate of drug-likeness (QED) is 0.578. The van der Waals surface area contributed by atoms with E-state index in [9.17, 15) is 13.6 Å². The molecular formula is C22H23F2N3O2. The van der Waals surface area contributed by atoms with Crippen LogP contribution in [-0.2, 0) is 19.3 Å². The fourth-order valence-corrected chi connectivity index (χ4v) is 3.13. The summed E-state index contributed by atoms with van der Waals surface area (Å²) >= 11 is 0. The Morgan fingerprint density at radius 3 is 2.38 bits per heavy atom. The molecule has 0 aliphatic rings. The molecule has 152 valence electrons. The lowest BCUT2D eigenvalue weighted by atomic mass is 10.1. The van der Waals surface area contributed by atoms with E-state index in [1.807, 2.05) is 31.2 Å². The molecule has 0 aliphatic carbocycles. The zero-order valence-corrected chi connectivity index (χ0v) is 16.4. The third kappa shape index (κ3) is 4.80. The van der Waals surface area contributed by atoms with Gasteiger partial charge < -0.3 is 10.1 Å². The summed E-state index contributed by atoms with van der Waals surface area (Å²) in [5.41, 5.74) is 2.37. The van der Waals surface area contributed by atoms with Crippen molar-refractivity contribution < 1.29 is 18.3 Å². The molecule has 0 fully saturated rings. The van der Waals surface area contributed by atoms with Crippen LogP contribution in [0.1, 0.15) is 40.7 Å².